The van der Waals surface area contributed by atoms with Crippen molar-refractivity contribution >= 4 is 16.7 Å². The van der Waals surface area contributed by atoms with Gasteiger partial charge in [0, 0.05) is 18.1 Å². The highest BCUT2D eigenvalue weighted by atomic mass is 32.1. The van der Waals surface area contributed by atoms with Crippen molar-refractivity contribution < 1.29 is 0 Å². The van der Waals surface area contributed by atoms with Crippen molar-refractivity contribution in [2.45, 2.75) is 20.4 Å². The molecule has 1 aromatic heterocycles. The molecule has 0 fully saturated rings. The highest BCUT2D eigenvalue weighted by Gasteiger charge is 1.99. The van der Waals surface area contributed by atoms with E-state index in [0.29, 0.717) is 0 Å². The molecule has 1 N–H and O–H groups in total. The van der Waals surface area contributed by atoms with Gasteiger partial charge in [-0.05, 0) is 19.4 Å². The van der Waals surface area contributed by atoms with E-state index in [2.05, 4.69) is 45.9 Å². The molecule has 78 valence electrons. The van der Waals surface area contributed by atoms with Gasteiger partial charge in [-0.1, -0.05) is 29.8 Å². The third-order valence-electron chi connectivity index (χ3n) is 2.05. The van der Waals surface area contributed by atoms with Gasteiger partial charge in [-0.25, -0.2) is 4.98 Å². The Kier molecular flexibility index (Phi) is 2.97. The topological polar surface area (TPSA) is 37.8 Å². The summed E-state index contributed by atoms with van der Waals surface area (Å²) in [6, 6.07) is 8.44. The lowest BCUT2D eigenvalue weighted by molar-refractivity contribution is 1.10. The third-order valence-corrected chi connectivity index (χ3v) is 2.82. The standard InChI is InChI=1S/C11H13N3S/c1-8-4-3-5-10(6-8)7-12-11-13-9(2)14-15-11/h3-6H,7H2,1-2H3,(H,12,13,14). The molecule has 0 amide bonds. The normalized spacial score (nSPS) is 10.3. The van der Waals surface area contributed by atoms with E-state index in [1.165, 1.54) is 22.7 Å². The van der Waals surface area contributed by atoms with E-state index >= 15 is 0 Å². The van der Waals surface area contributed by atoms with Crippen molar-refractivity contribution in [3.8, 4) is 0 Å². The largest absolute Gasteiger partial charge is 0.356 e. The number of hydrogen-bond donors (Lipinski definition) is 1. The van der Waals surface area contributed by atoms with E-state index in [0.717, 1.165) is 17.5 Å². The Hall–Kier alpha value is -1.42. The van der Waals surface area contributed by atoms with Crippen LogP contribution in [0.5, 0.6) is 0 Å². The highest BCUT2D eigenvalue weighted by molar-refractivity contribution is 7.09. The summed E-state index contributed by atoms with van der Waals surface area (Å²) in [6.45, 7) is 4.79. The first-order valence-corrected chi connectivity index (χ1v) is 5.61. The van der Waals surface area contributed by atoms with Crippen LogP contribution < -0.4 is 5.32 Å². The summed E-state index contributed by atoms with van der Waals surface area (Å²) in [4.78, 5) is 4.24. The maximum absolute atomic E-state index is 4.24. The van der Waals surface area contributed by atoms with Crippen molar-refractivity contribution in [2.24, 2.45) is 0 Å². The Morgan fingerprint density at radius 2 is 2.20 bits per heavy atom. The maximum atomic E-state index is 4.24. The number of hydrogen-bond acceptors (Lipinski definition) is 4. The van der Waals surface area contributed by atoms with Gasteiger partial charge < -0.3 is 5.32 Å². The Labute approximate surface area is 93.4 Å². The molecule has 0 aliphatic rings. The minimum atomic E-state index is 0.802. The highest BCUT2D eigenvalue weighted by Crippen LogP contribution is 2.12. The predicted octanol–water partition coefficient (Wildman–Crippen LogP) is 2.77. The van der Waals surface area contributed by atoms with Gasteiger partial charge in [0.15, 0.2) is 0 Å². The van der Waals surface area contributed by atoms with E-state index in [4.69, 9.17) is 0 Å². The van der Waals surface area contributed by atoms with Crippen molar-refractivity contribution in [2.75, 3.05) is 5.32 Å². The quantitative estimate of drug-likeness (QED) is 0.862. The van der Waals surface area contributed by atoms with Crippen LogP contribution in [0.3, 0.4) is 0 Å². The summed E-state index contributed by atoms with van der Waals surface area (Å²) < 4.78 is 4.11. The van der Waals surface area contributed by atoms with Crippen LogP contribution in [0.4, 0.5) is 5.13 Å². The van der Waals surface area contributed by atoms with Crippen molar-refractivity contribution in [1.29, 1.82) is 0 Å². The first-order chi connectivity index (χ1) is 7.24. The molecule has 0 saturated heterocycles. The van der Waals surface area contributed by atoms with Crippen LogP contribution in [0.15, 0.2) is 24.3 Å². The zero-order chi connectivity index (χ0) is 10.7. The predicted molar refractivity (Wildman–Crippen MR) is 63.2 cm³/mol. The minimum absolute atomic E-state index is 0.802. The molecule has 15 heavy (non-hydrogen) atoms. The van der Waals surface area contributed by atoms with E-state index in [1.54, 1.807) is 0 Å². The molecule has 1 heterocycles. The molecule has 0 unspecified atom stereocenters. The van der Waals surface area contributed by atoms with Gasteiger partial charge in [0.25, 0.3) is 0 Å². The fraction of sp³-hybridized carbons (Fsp3) is 0.273. The molecular weight excluding hydrogens is 206 g/mol. The van der Waals surface area contributed by atoms with E-state index in [1.807, 2.05) is 6.92 Å². The molecular formula is C11H13N3S. The zero-order valence-electron chi connectivity index (χ0n) is 8.82. The second-order valence-corrected chi connectivity index (χ2v) is 4.24. The van der Waals surface area contributed by atoms with E-state index in [9.17, 15) is 0 Å². The average Bonchev–Trinajstić information content (AvgIpc) is 2.62. The fourth-order valence-electron chi connectivity index (χ4n) is 1.37. The maximum Gasteiger partial charge on any atom is 0.202 e. The van der Waals surface area contributed by atoms with E-state index < -0.39 is 0 Å². The Morgan fingerprint density at radius 3 is 2.87 bits per heavy atom. The lowest BCUT2D eigenvalue weighted by atomic mass is 10.1. The van der Waals surface area contributed by atoms with Crippen LogP contribution in [0, 0.1) is 13.8 Å². The molecule has 0 atom stereocenters. The van der Waals surface area contributed by atoms with Crippen LogP contribution in [-0.2, 0) is 6.54 Å². The van der Waals surface area contributed by atoms with Crippen LogP contribution in [-0.4, -0.2) is 9.36 Å². The fourth-order valence-corrected chi connectivity index (χ4v) is 1.94. The minimum Gasteiger partial charge on any atom is -0.356 e. The summed E-state index contributed by atoms with van der Waals surface area (Å²) in [5, 5.41) is 4.14. The van der Waals surface area contributed by atoms with E-state index in [-0.39, 0.29) is 0 Å². The van der Waals surface area contributed by atoms with Crippen molar-refractivity contribution in [3.63, 3.8) is 0 Å². The van der Waals surface area contributed by atoms with Crippen molar-refractivity contribution in [1.82, 2.24) is 9.36 Å². The molecule has 0 aliphatic carbocycles. The number of benzene rings is 1. The van der Waals surface area contributed by atoms with Gasteiger partial charge in [0.05, 0.1) is 0 Å². The second kappa shape index (κ2) is 4.40. The number of nitrogens with one attached hydrogen (secondary N) is 1. The number of anilines is 1. The average molecular weight is 219 g/mol. The lowest BCUT2D eigenvalue weighted by Crippen LogP contribution is -1.98. The lowest BCUT2D eigenvalue weighted by Gasteiger charge is -2.02. The number of aryl methyl sites for hydroxylation is 2. The molecule has 0 aliphatic heterocycles. The zero-order valence-corrected chi connectivity index (χ0v) is 9.64. The van der Waals surface area contributed by atoms with Crippen molar-refractivity contribution in [3.05, 3.63) is 41.2 Å². The van der Waals surface area contributed by atoms with Gasteiger partial charge in [-0.15, -0.1) is 0 Å². The Balaban J connectivity index is 1.99. The number of nitrogens with zero attached hydrogens (tertiary/aromatic N) is 2. The SMILES string of the molecule is Cc1cccc(CNc2nc(C)ns2)c1. The summed E-state index contributed by atoms with van der Waals surface area (Å²) in [6.07, 6.45) is 0. The van der Waals surface area contributed by atoms with Gasteiger partial charge in [-0.2, -0.15) is 4.37 Å². The van der Waals surface area contributed by atoms with Crippen LogP contribution in [0.2, 0.25) is 0 Å². The molecule has 2 rings (SSSR count). The summed E-state index contributed by atoms with van der Waals surface area (Å²) in [5.74, 6) is 0.826. The van der Waals surface area contributed by atoms with Crippen LogP contribution >= 0.6 is 11.5 Å². The molecule has 0 radical (unpaired) electrons. The van der Waals surface area contributed by atoms with Crippen LogP contribution in [0.25, 0.3) is 0 Å². The summed E-state index contributed by atoms with van der Waals surface area (Å²) in [7, 11) is 0. The summed E-state index contributed by atoms with van der Waals surface area (Å²) in [5.41, 5.74) is 2.55. The van der Waals surface area contributed by atoms with Crippen LogP contribution in [0.1, 0.15) is 17.0 Å². The molecule has 0 saturated carbocycles. The number of aromatic nitrogens is 2. The Bertz CT molecular complexity index is 451. The Morgan fingerprint density at radius 1 is 1.33 bits per heavy atom. The molecule has 2 aromatic rings. The molecule has 3 nitrogen and oxygen atoms in total. The van der Waals surface area contributed by atoms with Gasteiger partial charge >= 0.3 is 0 Å². The monoisotopic (exact) mass is 219 g/mol. The molecule has 4 heteroatoms. The second-order valence-electron chi connectivity index (χ2n) is 3.49. The molecule has 0 bridgehead atoms. The summed E-state index contributed by atoms with van der Waals surface area (Å²) >= 11 is 1.40. The molecule has 1 aromatic carbocycles. The van der Waals surface area contributed by atoms with Gasteiger partial charge in [-0.3, -0.25) is 0 Å². The first kappa shape index (κ1) is 10.1. The smallest absolute Gasteiger partial charge is 0.202 e. The number of rotatable bonds is 3. The third kappa shape index (κ3) is 2.76. The van der Waals surface area contributed by atoms with Gasteiger partial charge in [0.2, 0.25) is 5.13 Å². The first-order valence-electron chi connectivity index (χ1n) is 4.84. The van der Waals surface area contributed by atoms with Gasteiger partial charge in [0.1, 0.15) is 5.82 Å². The molecule has 0 spiro atoms.